The lowest BCUT2D eigenvalue weighted by Crippen LogP contribution is -2.41. The van der Waals surface area contributed by atoms with Gasteiger partial charge in [-0.2, -0.15) is 5.26 Å². The monoisotopic (exact) mass is 296 g/mol. The fourth-order valence-corrected chi connectivity index (χ4v) is 2.33. The molecule has 0 aromatic heterocycles. The van der Waals surface area contributed by atoms with E-state index in [2.05, 4.69) is 18.0 Å². The number of rotatable bonds is 3. The van der Waals surface area contributed by atoms with E-state index in [4.69, 9.17) is 11.0 Å². The maximum absolute atomic E-state index is 11.9. The third-order valence-corrected chi connectivity index (χ3v) is 3.43. The Bertz CT molecular complexity index is 670. The molecule has 1 aliphatic heterocycles. The van der Waals surface area contributed by atoms with Crippen LogP contribution in [0.4, 0.5) is 10.5 Å². The van der Waals surface area contributed by atoms with Crippen molar-refractivity contribution in [3.63, 3.8) is 0 Å². The first-order chi connectivity index (χ1) is 10.5. The van der Waals surface area contributed by atoms with Crippen molar-refractivity contribution in [3.05, 3.63) is 48.6 Å². The lowest BCUT2D eigenvalue weighted by Gasteiger charge is -2.31. The molecule has 1 heterocycles. The number of nitriles is 1. The number of hydrogen-bond acceptors (Lipinski definition) is 3. The highest BCUT2D eigenvalue weighted by Gasteiger charge is 2.26. The van der Waals surface area contributed by atoms with Crippen LogP contribution >= 0.6 is 0 Å². The van der Waals surface area contributed by atoms with Gasteiger partial charge in [-0.1, -0.05) is 24.8 Å². The van der Waals surface area contributed by atoms with Gasteiger partial charge in [-0.3, -0.25) is 4.79 Å². The molecule has 0 bridgehead atoms. The molecule has 0 fully saturated rings. The standard InChI is InChI=1S/C16H16N4O2/c1-2-15(21)20-10-12(5-8-14(20)9-17)11-3-6-13(7-4-11)19-16(18)22/h2-7,14H,1,8,10H2,(H3,18,19,22). The molecule has 1 aromatic carbocycles. The number of nitrogens with two attached hydrogens (primary N) is 1. The van der Waals surface area contributed by atoms with Crippen LogP contribution in [0, 0.1) is 11.3 Å². The second kappa shape index (κ2) is 6.59. The Morgan fingerprint density at radius 1 is 1.41 bits per heavy atom. The maximum Gasteiger partial charge on any atom is 0.316 e. The van der Waals surface area contributed by atoms with Crippen LogP contribution in [0.25, 0.3) is 5.57 Å². The summed E-state index contributed by atoms with van der Waals surface area (Å²) in [6.07, 6.45) is 3.65. The number of anilines is 1. The van der Waals surface area contributed by atoms with E-state index in [1.807, 2.05) is 18.2 Å². The predicted molar refractivity (Wildman–Crippen MR) is 83.6 cm³/mol. The topological polar surface area (TPSA) is 99.2 Å². The van der Waals surface area contributed by atoms with Crippen LogP contribution < -0.4 is 11.1 Å². The van der Waals surface area contributed by atoms with Crippen molar-refractivity contribution in [3.8, 4) is 6.07 Å². The minimum absolute atomic E-state index is 0.260. The van der Waals surface area contributed by atoms with Gasteiger partial charge in [0, 0.05) is 12.2 Å². The van der Waals surface area contributed by atoms with Gasteiger partial charge in [0.1, 0.15) is 6.04 Å². The van der Waals surface area contributed by atoms with Gasteiger partial charge in [0.15, 0.2) is 0 Å². The fourth-order valence-electron chi connectivity index (χ4n) is 2.33. The van der Waals surface area contributed by atoms with Gasteiger partial charge < -0.3 is 16.0 Å². The van der Waals surface area contributed by atoms with E-state index in [1.54, 1.807) is 12.1 Å². The third-order valence-electron chi connectivity index (χ3n) is 3.43. The molecule has 0 saturated heterocycles. The van der Waals surface area contributed by atoms with Crippen molar-refractivity contribution >= 4 is 23.2 Å². The average molecular weight is 296 g/mol. The first kappa shape index (κ1) is 15.3. The third kappa shape index (κ3) is 3.33. The molecule has 2 rings (SSSR count). The van der Waals surface area contributed by atoms with E-state index >= 15 is 0 Å². The maximum atomic E-state index is 11.9. The lowest BCUT2D eigenvalue weighted by atomic mass is 9.97. The van der Waals surface area contributed by atoms with E-state index < -0.39 is 12.1 Å². The zero-order valence-corrected chi connectivity index (χ0v) is 12.0. The van der Waals surface area contributed by atoms with Crippen LogP contribution in [0.1, 0.15) is 12.0 Å². The number of carbonyl (C=O) groups is 2. The van der Waals surface area contributed by atoms with Gasteiger partial charge in [0.05, 0.1) is 6.07 Å². The summed E-state index contributed by atoms with van der Waals surface area (Å²) in [6, 6.07) is 8.17. The Labute approximate surface area is 128 Å². The molecule has 1 aliphatic rings. The van der Waals surface area contributed by atoms with E-state index in [-0.39, 0.29) is 5.91 Å². The average Bonchev–Trinajstić information content (AvgIpc) is 2.53. The second-order valence-corrected chi connectivity index (χ2v) is 4.85. The van der Waals surface area contributed by atoms with Crippen LogP contribution in [0.15, 0.2) is 43.0 Å². The first-order valence-corrected chi connectivity index (χ1v) is 6.73. The van der Waals surface area contributed by atoms with Crippen LogP contribution in [0.3, 0.4) is 0 Å². The quantitative estimate of drug-likeness (QED) is 0.833. The molecule has 0 aliphatic carbocycles. The van der Waals surface area contributed by atoms with E-state index in [1.165, 1.54) is 11.0 Å². The Morgan fingerprint density at radius 2 is 2.09 bits per heavy atom. The summed E-state index contributed by atoms with van der Waals surface area (Å²) in [5, 5.41) is 11.6. The molecule has 0 saturated carbocycles. The van der Waals surface area contributed by atoms with Crippen LogP contribution in [0.2, 0.25) is 0 Å². The van der Waals surface area contributed by atoms with Gasteiger partial charge in [0.2, 0.25) is 5.91 Å². The van der Waals surface area contributed by atoms with Crippen molar-refractivity contribution in [1.29, 1.82) is 5.26 Å². The molecular weight excluding hydrogens is 280 g/mol. The zero-order valence-electron chi connectivity index (χ0n) is 12.0. The van der Waals surface area contributed by atoms with Crippen molar-refractivity contribution < 1.29 is 9.59 Å². The van der Waals surface area contributed by atoms with Gasteiger partial charge in [-0.15, -0.1) is 0 Å². The minimum Gasteiger partial charge on any atom is -0.351 e. The number of amides is 3. The normalized spacial score (nSPS) is 17.1. The smallest absolute Gasteiger partial charge is 0.316 e. The highest BCUT2D eigenvalue weighted by atomic mass is 16.2. The SMILES string of the molecule is C=CC(=O)N1CC(c2ccc(NC(N)=O)cc2)=CCC1C#N. The molecular formula is C16H16N4O2. The largest absolute Gasteiger partial charge is 0.351 e. The fraction of sp³-hybridized carbons (Fsp3) is 0.188. The molecule has 112 valence electrons. The van der Waals surface area contributed by atoms with Crippen LogP contribution in [-0.4, -0.2) is 29.4 Å². The molecule has 6 nitrogen and oxygen atoms in total. The summed E-state index contributed by atoms with van der Waals surface area (Å²) in [7, 11) is 0. The van der Waals surface area contributed by atoms with Crippen molar-refractivity contribution in [2.45, 2.75) is 12.5 Å². The Hall–Kier alpha value is -3.07. The molecule has 3 N–H and O–H groups in total. The number of carbonyl (C=O) groups excluding carboxylic acids is 2. The van der Waals surface area contributed by atoms with Crippen LogP contribution in [-0.2, 0) is 4.79 Å². The summed E-state index contributed by atoms with van der Waals surface area (Å²) < 4.78 is 0. The predicted octanol–water partition coefficient (Wildman–Crippen LogP) is 1.87. The van der Waals surface area contributed by atoms with Gasteiger partial charge in [-0.05, 0) is 35.8 Å². The van der Waals surface area contributed by atoms with Crippen molar-refractivity contribution in [2.75, 3.05) is 11.9 Å². The summed E-state index contributed by atoms with van der Waals surface area (Å²) in [4.78, 5) is 24.1. The zero-order chi connectivity index (χ0) is 16.1. The highest BCUT2D eigenvalue weighted by molar-refractivity contribution is 5.90. The summed E-state index contributed by atoms with van der Waals surface area (Å²) in [6.45, 7) is 3.82. The van der Waals surface area contributed by atoms with Gasteiger partial charge in [0.25, 0.3) is 0 Å². The second-order valence-electron chi connectivity index (χ2n) is 4.85. The number of nitrogens with one attached hydrogen (secondary N) is 1. The molecule has 6 heteroatoms. The number of urea groups is 1. The van der Waals surface area contributed by atoms with E-state index in [0.717, 1.165) is 11.1 Å². The Balaban J connectivity index is 2.20. The Kier molecular flexibility index (Phi) is 4.59. The number of primary amides is 1. The highest BCUT2D eigenvalue weighted by Crippen LogP contribution is 2.25. The molecule has 0 radical (unpaired) electrons. The number of benzene rings is 1. The molecule has 1 aromatic rings. The van der Waals surface area contributed by atoms with E-state index in [0.29, 0.717) is 18.7 Å². The molecule has 0 spiro atoms. The molecule has 22 heavy (non-hydrogen) atoms. The first-order valence-electron chi connectivity index (χ1n) is 6.73. The molecule has 1 unspecified atom stereocenters. The minimum atomic E-state index is -0.621. The number of nitrogens with zero attached hydrogens (tertiary/aromatic N) is 2. The number of hydrogen-bond donors (Lipinski definition) is 2. The Morgan fingerprint density at radius 3 is 2.64 bits per heavy atom. The summed E-state index contributed by atoms with van der Waals surface area (Å²) in [5.74, 6) is -0.260. The van der Waals surface area contributed by atoms with Gasteiger partial charge in [-0.25, -0.2) is 4.79 Å². The van der Waals surface area contributed by atoms with Crippen LogP contribution in [0.5, 0.6) is 0 Å². The van der Waals surface area contributed by atoms with Crippen molar-refractivity contribution in [2.24, 2.45) is 5.73 Å². The summed E-state index contributed by atoms with van der Waals surface area (Å²) >= 11 is 0. The van der Waals surface area contributed by atoms with E-state index in [9.17, 15) is 9.59 Å². The lowest BCUT2D eigenvalue weighted by molar-refractivity contribution is -0.126. The van der Waals surface area contributed by atoms with Gasteiger partial charge >= 0.3 is 6.03 Å². The van der Waals surface area contributed by atoms with Crippen molar-refractivity contribution in [1.82, 2.24) is 4.90 Å². The molecule has 1 atom stereocenters. The summed E-state index contributed by atoms with van der Waals surface area (Å²) in [5.41, 5.74) is 7.53. The molecule has 3 amide bonds.